The number of amides is 1. The second kappa shape index (κ2) is 9.37. The van der Waals surface area contributed by atoms with Crippen LogP contribution in [0.3, 0.4) is 0 Å². The predicted octanol–water partition coefficient (Wildman–Crippen LogP) is 3.03. The number of carbonyl (C=O) groups is 2. The summed E-state index contributed by atoms with van der Waals surface area (Å²) in [5, 5.41) is 11.9. The summed E-state index contributed by atoms with van der Waals surface area (Å²) < 4.78 is 0. The van der Waals surface area contributed by atoms with Gasteiger partial charge in [0, 0.05) is 18.0 Å². The minimum Gasteiger partial charge on any atom is -0.481 e. The molecule has 0 aliphatic carbocycles. The topological polar surface area (TPSA) is 66.4 Å². The van der Waals surface area contributed by atoms with Gasteiger partial charge in [-0.15, -0.1) is 0 Å². The Morgan fingerprint density at radius 1 is 1.10 bits per heavy atom. The van der Waals surface area contributed by atoms with E-state index in [9.17, 15) is 9.59 Å². The van der Waals surface area contributed by atoms with Crippen molar-refractivity contribution in [1.29, 1.82) is 0 Å². The third-order valence-corrected chi connectivity index (χ3v) is 3.32. The van der Waals surface area contributed by atoms with Crippen molar-refractivity contribution < 1.29 is 14.7 Å². The maximum Gasteiger partial charge on any atom is 0.303 e. The summed E-state index contributed by atoms with van der Waals surface area (Å²) in [5.74, 6) is -0.790. The first kappa shape index (κ1) is 16.5. The molecule has 0 aromatic heterocycles. The summed E-state index contributed by atoms with van der Waals surface area (Å²) in [5.41, 5.74) is 0.827. The van der Waals surface area contributed by atoms with Crippen molar-refractivity contribution in [3.05, 3.63) is 34.9 Å². The molecule has 0 unspecified atom stereocenters. The average molecular weight is 298 g/mol. The highest BCUT2D eigenvalue weighted by Crippen LogP contribution is 2.15. The molecule has 5 heteroatoms. The number of carbonyl (C=O) groups excluding carboxylic acids is 1. The number of unbranched alkanes of at least 4 members (excludes halogenated alkanes) is 3. The molecule has 1 rings (SSSR count). The third-order valence-electron chi connectivity index (χ3n) is 2.95. The van der Waals surface area contributed by atoms with Crippen LogP contribution in [0.1, 0.15) is 37.7 Å². The fourth-order valence-corrected chi connectivity index (χ4v) is 2.06. The average Bonchev–Trinajstić information content (AvgIpc) is 2.40. The summed E-state index contributed by atoms with van der Waals surface area (Å²) >= 11 is 5.98. The van der Waals surface area contributed by atoms with Gasteiger partial charge in [0.25, 0.3) is 0 Å². The van der Waals surface area contributed by atoms with Gasteiger partial charge in [-0.1, -0.05) is 42.6 Å². The number of carboxylic acid groups (broad SMARTS) is 1. The molecule has 0 atom stereocenters. The van der Waals surface area contributed by atoms with Gasteiger partial charge in [-0.2, -0.15) is 0 Å². The fraction of sp³-hybridized carbons (Fsp3) is 0.467. The van der Waals surface area contributed by atoms with Crippen LogP contribution in [-0.2, 0) is 16.0 Å². The van der Waals surface area contributed by atoms with Crippen molar-refractivity contribution in [2.24, 2.45) is 0 Å². The zero-order valence-electron chi connectivity index (χ0n) is 11.4. The molecule has 2 N–H and O–H groups in total. The van der Waals surface area contributed by atoms with E-state index in [1.54, 1.807) is 6.07 Å². The van der Waals surface area contributed by atoms with Gasteiger partial charge in [-0.25, -0.2) is 0 Å². The molecule has 0 aliphatic rings. The van der Waals surface area contributed by atoms with E-state index in [0.717, 1.165) is 24.8 Å². The Morgan fingerprint density at radius 3 is 2.50 bits per heavy atom. The molecule has 0 fully saturated rings. The number of halogens is 1. The fourth-order valence-electron chi connectivity index (χ4n) is 1.86. The lowest BCUT2D eigenvalue weighted by atomic mass is 10.1. The normalized spacial score (nSPS) is 10.2. The molecule has 0 saturated carbocycles. The summed E-state index contributed by atoms with van der Waals surface area (Å²) in [6, 6.07) is 7.30. The summed E-state index contributed by atoms with van der Waals surface area (Å²) in [7, 11) is 0. The summed E-state index contributed by atoms with van der Waals surface area (Å²) in [6.45, 7) is 0.621. The zero-order chi connectivity index (χ0) is 14.8. The van der Waals surface area contributed by atoms with Gasteiger partial charge < -0.3 is 10.4 Å². The van der Waals surface area contributed by atoms with Crippen LogP contribution in [0.25, 0.3) is 0 Å². The quantitative estimate of drug-likeness (QED) is 0.689. The van der Waals surface area contributed by atoms with Crippen LogP contribution in [-0.4, -0.2) is 23.5 Å². The molecule has 20 heavy (non-hydrogen) atoms. The second-order valence-corrected chi connectivity index (χ2v) is 5.08. The van der Waals surface area contributed by atoms with E-state index in [1.165, 1.54) is 0 Å². The highest BCUT2D eigenvalue weighted by Gasteiger charge is 2.05. The third kappa shape index (κ3) is 7.14. The number of hydrogen-bond acceptors (Lipinski definition) is 2. The van der Waals surface area contributed by atoms with Crippen LogP contribution in [0, 0.1) is 0 Å². The van der Waals surface area contributed by atoms with E-state index in [2.05, 4.69) is 5.32 Å². The van der Waals surface area contributed by atoms with E-state index in [-0.39, 0.29) is 12.3 Å². The Labute approximate surface area is 124 Å². The lowest BCUT2D eigenvalue weighted by molar-refractivity contribution is -0.137. The number of rotatable bonds is 9. The van der Waals surface area contributed by atoms with Crippen molar-refractivity contribution in [3.8, 4) is 0 Å². The molecule has 110 valence electrons. The van der Waals surface area contributed by atoms with Gasteiger partial charge in [0.05, 0.1) is 6.42 Å². The zero-order valence-corrected chi connectivity index (χ0v) is 12.2. The van der Waals surface area contributed by atoms with Crippen LogP contribution in [0.4, 0.5) is 0 Å². The van der Waals surface area contributed by atoms with Crippen molar-refractivity contribution in [3.63, 3.8) is 0 Å². The number of hydrogen-bond donors (Lipinski definition) is 2. The molecule has 0 heterocycles. The molecular formula is C15H20ClNO3. The van der Waals surface area contributed by atoms with Gasteiger partial charge in [0.15, 0.2) is 0 Å². The van der Waals surface area contributed by atoms with Gasteiger partial charge in [-0.05, 0) is 24.5 Å². The van der Waals surface area contributed by atoms with Gasteiger partial charge in [0.1, 0.15) is 0 Å². The van der Waals surface area contributed by atoms with Crippen LogP contribution in [0.15, 0.2) is 24.3 Å². The van der Waals surface area contributed by atoms with Crippen molar-refractivity contribution >= 4 is 23.5 Å². The molecule has 1 aromatic rings. The molecule has 0 radical (unpaired) electrons. The van der Waals surface area contributed by atoms with Gasteiger partial charge in [0.2, 0.25) is 5.91 Å². The van der Waals surface area contributed by atoms with E-state index in [4.69, 9.17) is 16.7 Å². The molecule has 4 nitrogen and oxygen atoms in total. The largest absolute Gasteiger partial charge is 0.481 e. The standard InChI is InChI=1S/C15H20ClNO3/c16-13-8-5-4-7-12(13)11-14(18)17-10-6-2-1-3-9-15(19)20/h4-5,7-8H,1-3,6,9-11H2,(H,17,18)(H,19,20). The first-order valence-electron chi connectivity index (χ1n) is 6.81. The maximum atomic E-state index is 11.7. The Morgan fingerprint density at radius 2 is 1.80 bits per heavy atom. The number of nitrogens with one attached hydrogen (secondary N) is 1. The minimum atomic E-state index is -0.752. The number of aliphatic carboxylic acids is 1. The summed E-state index contributed by atoms with van der Waals surface area (Å²) in [6.07, 6.45) is 3.89. The molecule has 1 aromatic carbocycles. The Balaban J connectivity index is 2.09. The lowest BCUT2D eigenvalue weighted by Gasteiger charge is -2.06. The Hall–Kier alpha value is -1.55. The second-order valence-electron chi connectivity index (χ2n) is 4.68. The maximum absolute atomic E-state index is 11.7. The lowest BCUT2D eigenvalue weighted by Crippen LogP contribution is -2.26. The SMILES string of the molecule is O=C(O)CCCCCCNC(=O)Cc1ccccc1Cl. The van der Waals surface area contributed by atoms with Crippen molar-refractivity contribution in [2.45, 2.75) is 38.5 Å². The monoisotopic (exact) mass is 297 g/mol. The van der Waals surface area contributed by atoms with Crippen molar-refractivity contribution in [1.82, 2.24) is 5.32 Å². The van der Waals surface area contributed by atoms with E-state index < -0.39 is 5.97 Å². The van der Waals surface area contributed by atoms with Crippen LogP contribution in [0.2, 0.25) is 5.02 Å². The molecule has 0 bridgehead atoms. The number of carboxylic acids is 1. The Kier molecular flexibility index (Phi) is 7.73. The molecular weight excluding hydrogens is 278 g/mol. The van der Waals surface area contributed by atoms with Crippen molar-refractivity contribution in [2.75, 3.05) is 6.54 Å². The predicted molar refractivity (Wildman–Crippen MR) is 78.9 cm³/mol. The van der Waals surface area contributed by atoms with E-state index in [1.807, 2.05) is 18.2 Å². The molecule has 1 amide bonds. The van der Waals surface area contributed by atoms with Gasteiger partial charge >= 0.3 is 5.97 Å². The number of benzene rings is 1. The molecule has 0 saturated heterocycles. The first-order chi connectivity index (χ1) is 9.59. The highest BCUT2D eigenvalue weighted by molar-refractivity contribution is 6.31. The van der Waals surface area contributed by atoms with E-state index >= 15 is 0 Å². The van der Waals surface area contributed by atoms with Gasteiger partial charge in [-0.3, -0.25) is 9.59 Å². The van der Waals surface area contributed by atoms with Crippen LogP contribution in [0.5, 0.6) is 0 Å². The molecule has 0 spiro atoms. The Bertz CT molecular complexity index is 448. The molecule has 0 aliphatic heterocycles. The first-order valence-corrected chi connectivity index (χ1v) is 7.19. The summed E-state index contributed by atoms with van der Waals surface area (Å²) in [4.78, 5) is 22.0. The van der Waals surface area contributed by atoms with Crippen LogP contribution >= 0.6 is 11.6 Å². The minimum absolute atomic E-state index is 0.0383. The van der Waals surface area contributed by atoms with E-state index in [0.29, 0.717) is 24.4 Å². The van der Waals surface area contributed by atoms with Crippen LogP contribution < -0.4 is 5.32 Å². The highest BCUT2D eigenvalue weighted by atomic mass is 35.5. The smallest absolute Gasteiger partial charge is 0.303 e.